The Hall–Kier alpha value is -2.11. The largest absolute Gasteiger partial charge is 0.396 e. The molecule has 1 aliphatic rings. The second kappa shape index (κ2) is 8.94. The molecule has 1 heterocycles. The second-order valence-electron chi connectivity index (χ2n) is 6.90. The standard InChI is InChI=1S/C19H19ClF2N2O5S/c20-15-7-13(8-16(21)18(15)22)23-19(27)11-2-1-3-14(6-11)30(28,29)24-5-4-12(10-25)17(26)9-24/h1-3,6-8,12,17,25-26H,4-5,9-10H2,(H,23,27). The number of nitrogens with one attached hydrogen (secondary N) is 1. The molecule has 2 unspecified atom stereocenters. The fourth-order valence-electron chi connectivity index (χ4n) is 3.16. The van der Waals surface area contributed by atoms with Crippen molar-refractivity contribution in [2.75, 3.05) is 25.0 Å². The van der Waals surface area contributed by atoms with Gasteiger partial charge in [0.25, 0.3) is 5.91 Å². The van der Waals surface area contributed by atoms with Gasteiger partial charge in [-0.2, -0.15) is 4.31 Å². The van der Waals surface area contributed by atoms with Gasteiger partial charge >= 0.3 is 0 Å². The number of hydrogen-bond acceptors (Lipinski definition) is 5. The van der Waals surface area contributed by atoms with Crippen molar-refractivity contribution in [3.8, 4) is 0 Å². The van der Waals surface area contributed by atoms with E-state index in [-0.39, 0.29) is 35.8 Å². The molecule has 2 aromatic carbocycles. The topological polar surface area (TPSA) is 107 Å². The number of β-amino-alcohol motifs (C(OH)–C–C–N with tert-alkyl or cyclic N) is 1. The van der Waals surface area contributed by atoms with Crippen molar-refractivity contribution in [3.63, 3.8) is 0 Å². The van der Waals surface area contributed by atoms with Crippen LogP contribution in [0.2, 0.25) is 5.02 Å². The Labute approximate surface area is 176 Å². The van der Waals surface area contributed by atoms with Crippen LogP contribution in [0.4, 0.5) is 14.5 Å². The lowest BCUT2D eigenvalue weighted by atomic mass is 9.96. The summed E-state index contributed by atoms with van der Waals surface area (Å²) in [6.45, 7) is -0.287. The summed E-state index contributed by atoms with van der Waals surface area (Å²) < 4.78 is 53.6. The van der Waals surface area contributed by atoms with Crippen molar-refractivity contribution >= 4 is 33.2 Å². The normalized spacial score (nSPS) is 20.2. The fraction of sp³-hybridized carbons (Fsp3) is 0.316. The summed E-state index contributed by atoms with van der Waals surface area (Å²) in [5.41, 5.74) is -0.117. The lowest BCUT2D eigenvalue weighted by Crippen LogP contribution is -2.47. The number of benzene rings is 2. The van der Waals surface area contributed by atoms with Gasteiger partial charge in [-0.1, -0.05) is 17.7 Å². The summed E-state index contributed by atoms with van der Waals surface area (Å²) in [6.07, 6.45) is -0.698. The molecule has 0 bridgehead atoms. The molecule has 0 radical (unpaired) electrons. The minimum atomic E-state index is -3.99. The van der Waals surface area contributed by atoms with Crippen LogP contribution >= 0.6 is 11.6 Å². The van der Waals surface area contributed by atoms with Crippen LogP contribution in [-0.2, 0) is 10.0 Å². The molecule has 0 saturated carbocycles. The van der Waals surface area contributed by atoms with E-state index in [0.717, 1.165) is 22.5 Å². The van der Waals surface area contributed by atoms with Crippen molar-refractivity contribution in [3.05, 3.63) is 58.6 Å². The summed E-state index contributed by atoms with van der Waals surface area (Å²) >= 11 is 5.56. The Morgan fingerprint density at radius 3 is 2.63 bits per heavy atom. The summed E-state index contributed by atoms with van der Waals surface area (Å²) in [7, 11) is -3.99. The van der Waals surface area contributed by atoms with Crippen molar-refractivity contribution in [2.45, 2.75) is 17.4 Å². The van der Waals surface area contributed by atoms with Gasteiger partial charge in [-0.3, -0.25) is 4.79 Å². The summed E-state index contributed by atoms with van der Waals surface area (Å²) in [4.78, 5) is 12.3. The first-order valence-electron chi connectivity index (χ1n) is 8.98. The Morgan fingerprint density at radius 1 is 1.27 bits per heavy atom. The van der Waals surface area contributed by atoms with Gasteiger partial charge in [0.05, 0.1) is 16.0 Å². The average molecular weight is 461 g/mol. The minimum absolute atomic E-state index is 0.0253. The Kier molecular flexibility index (Phi) is 6.73. The number of anilines is 1. The molecule has 0 aromatic heterocycles. The van der Waals surface area contributed by atoms with E-state index in [1.165, 1.54) is 18.2 Å². The number of carbonyl (C=O) groups excluding carboxylic acids is 1. The third kappa shape index (κ3) is 4.62. The lowest BCUT2D eigenvalue weighted by Gasteiger charge is -2.34. The van der Waals surface area contributed by atoms with Gasteiger partial charge in [0.2, 0.25) is 10.0 Å². The van der Waals surface area contributed by atoms with Crippen LogP contribution in [0.15, 0.2) is 41.3 Å². The minimum Gasteiger partial charge on any atom is -0.396 e. The molecule has 3 N–H and O–H groups in total. The van der Waals surface area contributed by atoms with E-state index in [2.05, 4.69) is 5.32 Å². The highest BCUT2D eigenvalue weighted by molar-refractivity contribution is 7.89. The number of rotatable bonds is 5. The number of halogens is 3. The van der Waals surface area contributed by atoms with Gasteiger partial charge in [-0.15, -0.1) is 0 Å². The van der Waals surface area contributed by atoms with Crippen molar-refractivity contribution in [2.24, 2.45) is 5.92 Å². The van der Waals surface area contributed by atoms with Crippen LogP contribution < -0.4 is 5.32 Å². The van der Waals surface area contributed by atoms with E-state index in [1.54, 1.807) is 0 Å². The third-order valence-electron chi connectivity index (χ3n) is 4.89. The zero-order chi connectivity index (χ0) is 22.1. The molecule has 0 spiro atoms. The Morgan fingerprint density at radius 2 is 2.00 bits per heavy atom. The number of amides is 1. The quantitative estimate of drug-likeness (QED) is 0.593. The Bertz CT molecular complexity index is 1040. The van der Waals surface area contributed by atoms with Gasteiger partial charge in [-0.25, -0.2) is 17.2 Å². The van der Waals surface area contributed by atoms with Gasteiger partial charge < -0.3 is 15.5 Å². The molecule has 1 amide bonds. The molecule has 3 rings (SSSR count). The van der Waals surface area contributed by atoms with Gasteiger partial charge in [-0.05, 0) is 30.7 Å². The van der Waals surface area contributed by atoms with Crippen LogP contribution in [0.25, 0.3) is 0 Å². The zero-order valence-corrected chi connectivity index (χ0v) is 17.1. The highest BCUT2D eigenvalue weighted by Gasteiger charge is 2.34. The second-order valence-corrected chi connectivity index (χ2v) is 9.24. The van der Waals surface area contributed by atoms with E-state index < -0.39 is 44.6 Å². The number of nitrogens with zero attached hydrogens (tertiary/aromatic N) is 1. The van der Waals surface area contributed by atoms with Crippen LogP contribution in [0.1, 0.15) is 16.8 Å². The molecule has 162 valence electrons. The molecule has 30 heavy (non-hydrogen) atoms. The summed E-state index contributed by atoms with van der Waals surface area (Å²) in [5, 5.41) is 21.1. The summed E-state index contributed by atoms with van der Waals surface area (Å²) in [6, 6.07) is 6.99. The van der Waals surface area contributed by atoms with Gasteiger partial charge in [0.1, 0.15) is 0 Å². The first kappa shape index (κ1) is 22.6. The number of piperidine rings is 1. The van der Waals surface area contributed by atoms with Crippen LogP contribution in [0, 0.1) is 17.6 Å². The number of carbonyl (C=O) groups is 1. The van der Waals surface area contributed by atoms with Crippen molar-refractivity contribution < 1.29 is 32.2 Å². The van der Waals surface area contributed by atoms with Crippen LogP contribution in [0.5, 0.6) is 0 Å². The molecule has 11 heteroatoms. The number of aliphatic hydroxyl groups is 2. The predicted octanol–water partition coefficient (Wildman–Crippen LogP) is 2.23. The van der Waals surface area contributed by atoms with E-state index >= 15 is 0 Å². The maximum absolute atomic E-state index is 13.5. The first-order chi connectivity index (χ1) is 14.1. The van der Waals surface area contributed by atoms with Gasteiger partial charge in [0, 0.05) is 42.9 Å². The Balaban J connectivity index is 1.81. The lowest BCUT2D eigenvalue weighted by molar-refractivity contribution is 0.0222. The molecule has 2 atom stereocenters. The van der Waals surface area contributed by atoms with E-state index in [1.807, 2.05) is 0 Å². The van der Waals surface area contributed by atoms with E-state index in [0.29, 0.717) is 6.42 Å². The monoisotopic (exact) mass is 460 g/mol. The highest BCUT2D eigenvalue weighted by Crippen LogP contribution is 2.26. The van der Waals surface area contributed by atoms with Crippen LogP contribution in [-0.4, -0.2) is 54.6 Å². The highest BCUT2D eigenvalue weighted by atomic mass is 35.5. The number of aliphatic hydroxyl groups excluding tert-OH is 2. The SMILES string of the molecule is O=C(Nc1cc(F)c(F)c(Cl)c1)c1cccc(S(=O)(=O)N2CCC(CO)C(O)C2)c1. The molecular weight excluding hydrogens is 442 g/mol. The molecule has 1 aliphatic heterocycles. The van der Waals surface area contributed by atoms with Gasteiger partial charge in [0.15, 0.2) is 11.6 Å². The number of hydrogen-bond donors (Lipinski definition) is 3. The van der Waals surface area contributed by atoms with E-state index in [4.69, 9.17) is 11.6 Å². The zero-order valence-electron chi connectivity index (χ0n) is 15.6. The summed E-state index contributed by atoms with van der Waals surface area (Å²) in [5.74, 6) is -3.61. The smallest absolute Gasteiger partial charge is 0.255 e. The van der Waals surface area contributed by atoms with Crippen LogP contribution in [0.3, 0.4) is 0 Å². The molecule has 1 fully saturated rings. The number of sulfonamides is 1. The maximum Gasteiger partial charge on any atom is 0.255 e. The van der Waals surface area contributed by atoms with Crippen molar-refractivity contribution in [1.82, 2.24) is 4.31 Å². The maximum atomic E-state index is 13.5. The molecule has 2 aromatic rings. The van der Waals surface area contributed by atoms with Crippen molar-refractivity contribution in [1.29, 1.82) is 0 Å². The molecule has 0 aliphatic carbocycles. The third-order valence-corrected chi connectivity index (χ3v) is 7.03. The molecule has 1 saturated heterocycles. The predicted molar refractivity (Wildman–Crippen MR) is 106 cm³/mol. The molecular formula is C19H19ClF2N2O5S. The van der Waals surface area contributed by atoms with E-state index in [9.17, 15) is 32.2 Å². The average Bonchev–Trinajstić information content (AvgIpc) is 2.72. The fourth-order valence-corrected chi connectivity index (χ4v) is 4.89. The first-order valence-corrected chi connectivity index (χ1v) is 10.8. The molecule has 7 nitrogen and oxygen atoms in total.